The Morgan fingerprint density at radius 3 is 0.967 bits per heavy atom. The summed E-state index contributed by atoms with van der Waals surface area (Å²) in [6.45, 7) is 9.11. The molecular weight excluding hydrogens is 737 g/mol. The Morgan fingerprint density at radius 2 is 0.617 bits per heavy atom. The van der Waals surface area contributed by atoms with E-state index in [1.165, 1.54) is 225 Å². The molecule has 0 aliphatic heterocycles. The van der Waals surface area contributed by atoms with Crippen molar-refractivity contribution < 1.29 is 19.1 Å². The molecule has 0 amide bonds. The Bertz CT molecular complexity index is 882. The molecule has 4 heteroatoms. The van der Waals surface area contributed by atoms with Crippen molar-refractivity contribution >= 4 is 11.9 Å². The number of esters is 2. The van der Waals surface area contributed by atoms with E-state index in [1.807, 2.05) is 0 Å². The third-order valence-electron chi connectivity index (χ3n) is 12.8. The number of allylic oxidation sites excluding steroid dienone is 2. The van der Waals surface area contributed by atoms with Crippen LogP contribution in [0.3, 0.4) is 0 Å². The minimum Gasteiger partial charge on any atom is -0.460 e. The molecule has 0 N–H and O–H groups in total. The highest BCUT2D eigenvalue weighted by Crippen LogP contribution is 2.21. The maximum Gasteiger partial charge on any atom is 0.347 e. The summed E-state index contributed by atoms with van der Waals surface area (Å²) in [5.74, 6) is -0.499. The maximum absolute atomic E-state index is 13.8. The first kappa shape index (κ1) is 58.7. The summed E-state index contributed by atoms with van der Waals surface area (Å²) < 4.78 is 12.3. The molecule has 2 atom stereocenters. The molecule has 60 heavy (non-hydrogen) atoms. The third-order valence-corrected chi connectivity index (χ3v) is 12.8. The van der Waals surface area contributed by atoms with Crippen LogP contribution in [0.1, 0.15) is 323 Å². The van der Waals surface area contributed by atoms with Crippen LogP contribution in [-0.2, 0) is 19.1 Å². The largest absolute Gasteiger partial charge is 0.460 e. The van der Waals surface area contributed by atoms with Crippen LogP contribution in [-0.4, -0.2) is 24.1 Å². The average Bonchev–Trinajstić information content (AvgIpc) is 3.25. The van der Waals surface area contributed by atoms with Gasteiger partial charge in [0.05, 0.1) is 0 Å². The number of hydrogen-bond acceptors (Lipinski definition) is 4. The van der Waals surface area contributed by atoms with Crippen LogP contribution in [0.2, 0.25) is 0 Å². The van der Waals surface area contributed by atoms with Gasteiger partial charge in [0, 0.05) is 6.42 Å². The summed E-state index contributed by atoms with van der Waals surface area (Å²) in [4.78, 5) is 26.9. The van der Waals surface area contributed by atoms with Gasteiger partial charge < -0.3 is 9.47 Å². The lowest BCUT2D eigenvalue weighted by Gasteiger charge is -2.22. The molecule has 0 aromatic carbocycles. The molecule has 0 rings (SSSR count). The van der Waals surface area contributed by atoms with E-state index in [0.717, 1.165) is 57.8 Å². The monoisotopic (exact) mass is 845 g/mol. The second-order valence-electron chi connectivity index (χ2n) is 18.9. The standard InChI is InChI=1S/C56H108O4/c1-5-9-13-17-21-24-26-28-30-32-34-37-40-44-48-52-55(57)60-54(51-47-43-39-36-33-31-29-27-25-22-18-14-10-6-2)56(58)59-53(49-45-41-20-16-12-8-4)50-46-42-38-35-23-19-15-11-7-3/h28,30,53-54H,5-27,29,31-52H2,1-4H3/b30-28-. The summed E-state index contributed by atoms with van der Waals surface area (Å²) in [6, 6.07) is 0. The number of carbonyl (C=O) groups is 2. The fraction of sp³-hybridized carbons (Fsp3) is 0.929. The van der Waals surface area contributed by atoms with Gasteiger partial charge in [0.25, 0.3) is 0 Å². The highest BCUT2D eigenvalue weighted by molar-refractivity contribution is 5.79. The molecule has 0 fully saturated rings. The highest BCUT2D eigenvalue weighted by Gasteiger charge is 2.27. The molecule has 356 valence electrons. The second kappa shape index (κ2) is 50.3. The topological polar surface area (TPSA) is 52.6 Å². The van der Waals surface area contributed by atoms with Crippen molar-refractivity contribution in [3.8, 4) is 0 Å². The summed E-state index contributed by atoms with van der Waals surface area (Å²) >= 11 is 0. The van der Waals surface area contributed by atoms with Crippen LogP contribution >= 0.6 is 0 Å². The third kappa shape index (κ3) is 44.7. The Kier molecular flexibility index (Phi) is 49.2. The van der Waals surface area contributed by atoms with Crippen LogP contribution in [0.25, 0.3) is 0 Å². The number of hydrogen-bond donors (Lipinski definition) is 0. The molecule has 0 aliphatic rings. The quantitative estimate of drug-likeness (QED) is 0.0348. The molecule has 0 aromatic heterocycles. The Morgan fingerprint density at radius 1 is 0.333 bits per heavy atom. The van der Waals surface area contributed by atoms with Crippen molar-refractivity contribution in [1.82, 2.24) is 0 Å². The van der Waals surface area contributed by atoms with Gasteiger partial charge in [0.1, 0.15) is 6.10 Å². The average molecular weight is 845 g/mol. The van der Waals surface area contributed by atoms with E-state index in [-0.39, 0.29) is 18.0 Å². The van der Waals surface area contributed by atoms with E-state index in [9.17, 15) is 9.59 Å². The van der Waals surface area contributed by atoms with E-state index < -0.39 is 6.10 Å². The van der Waals surface area contributed by atoms with Gasteiger partial charge in [0.2, 0.25) is 0 Å². The summed E-state index contributed by atoms with van der Waals surface area (Å²) in [7, 11) is 0. The SMILES string of the molecule is CCCCCCCC/C=C\CCCCCCCC(=O)OC(CCCCCCCCCCCCCCCC)C(=O)OC(CCCCCCCC)CCCCCCCCCCC. The first-order chi connectivity index (χ1) is 29.6. The zero-order chi connectivity index (χ0) is 43.7. The van der Waals surface area contributed by atoms with Gasteiger partial charge in [0.15, 0.2) is 6.10 Å². The molecule has 0 saturated heterocycles. The second-order valence-corrected chi connectivity index (χ2v) is 18.9. The van der Waals surface area contributed by atoms with E-state index in [2.05, 4.69) is 39.8 Å². The lowest BCUT2D eigenvalue weighted by atomic mass is 10.0. The smallest absolute Gasteiger partial charge is 0.347 e. The molecule has 4 nitrogen and oxygen atoms in total. The maximum atomic E-state index is 13.8. The van der Waals surface area contributed by atoms with Gasteiger partial charge in [-0.1, -0.05) is 258 Å². The minimum atomic E-state index is -0.756. The van der Waals surface area contributed by atoms with Gasteiger partial charge in [-0.15, -0.1) is 0 Å². The first-order valence-corrected chi connectivity index (χ1v) is 27.6. The predicted molar refractivity (Wildman–Crippen MR) is 264 cm³/mol. The zero-order valence-corrected chi connectivity index (χ0v) is 41.5. The van der Waals surface area contributed by atoms with Crippen molar-refractivity contribution in [2.45, 2.75) is 335 Å². The van der Waals surface area contributed by atoms with Gasteiger partial charge in [-0.2, -0.15) is 0 Å². The molecule has 2 unspecified atom stereocenters. The molecule has 0 radical (unpaired) electrons. The molecular formula is C56H108O4. The number of carbonyl (C=O) groups excluding carboxylic acids is 2. The van der Waals surface area contributed by atoms with Crippen LogP contribution in [0.4, 0.5) is 0 Å². The fourth-order valence-corrected chi connectivity index (χ4v) is 8.64. The van der Waals surface area contributed by atoms with Crippen molar-refractivity contribution in [2.24, 2.45) is 0 Å². The minimum absolute atomic E-state index is 0.0591. The number of unbranched alkanes of at least 4 members (excludes halogenated alkanes) is 37. The zero-order valence-electron chi connectivity index (χ0n) is 41.5. The van der Waals surface area contributed by atoms with Crippen molar-refractivity contribution in [1.29, 1.82) is 0 Å². The van der Waals surface area contributed by atoms with Crippen molar-refractivity contribution in [3.05, 3.63) is 12.2 Å². The van der Waals surface area contributed by atoms with Crippen LogP contribution in [0.15, 0.2) is 12.2 Å². The lowest BCUT2D eigenvalue weighted by molar-refractivity contribution is -0.172. The van der Waals surface area contributed by atoms with Crippen molar-refractivity contribution in [2.75, 3.05) is 0 Å². The number of ether oxygens (including phenoxy) is 2. The summed E-state index contributed by atoms with van der Waals surface area (Å²) in [5, 5.41) is 0. The highest BCUT2D eigenvalue weighted by atomic mass is 16.6. The van der Waals surface area contributed by atoms with Crippen LogP contribution in [0.5, 0.6) is 0 Å². The normalized spacial score (nSPS) is 12.7. The Hall–Kier alpha value is -1.32. The molecule has 0 aromatic rings. The van der Waals surface area contributed by atoms with Gasteiger partial charge in [-0.3, -0.25) is 4.79 Å². The molecule has 0 aliphatic carbocycles. The van der Waals surface area contributed by atoms with E-state index in [4.69, 9.17) is 9.47 Å². The summed E-state index contributed by atoms with van der Waals surface area (Å²) in [5.41, 5.74) is 0. The fourth-order valence-electron chi connectivity index (χ4n) is 8.64. The lowest BCUT2D eigenvalue weighted by Crippen LogP contribution is -2.32. The van der Waals surface area contributed by atoms with E-state index in [0.29, 0.717) is 12.8 Å². The van der Waals surface area contributed by atoms with Gasteiger partial charge in [-0.25, -0.2) is 4.79 Å². The van der Waals surface area contributed by atoms with E-state index in [1.54, 1.807) is 0 Å². The predicted octanol–water partition coefficient (Wildman–Crippen LogP) is 19.4. The van der Waals surface area contributed by atoms with E-state index >= 15 is 0 Å². The van der Waals surface area contributed by atoms with Crippen molar-refractivity contribution in [3.63, 3.8) is 0 Å². The summed E-state index contributed by atoms with van der Waals surface area (Å²) in [6.07, 6.45) is 60.2. The van der Waals surface area contributed by atoms with Gasteiger partial charge in [-0.05, 0) is 70.6 Å². The van der Waals surface area contributed by atoms with Crippen LogP contribution in [0, 0.1) is 0 Å². The number of rotatable bonds is 50. The first-order valence-electron chi connectivity index (χ1n) is 27.6. The molecule has 0 spiro atoms. The molecule has 0 heterocycles. The molecule has 0 saturated carbocycles. The Balaban J connectivity index is 4.86. The molecule has 0 bridgehead atoms. The Labute approximate surface area is 377 Å². The van der Waals surface area contributed by atoms with Gasteiger partial charge >= 0.3 is 11.9 Å². The van der Waals surface area contributed by atoms with Crippen LogP contribution < -0.4 is 0 Å².